The highest BCUT2D eigenvalue weighted by atomic mass is 35.5. The van der Waals surface area contributed by atoms with Crippen LogP contribution in [0.5, 0.6) is 0 Å². The number of likely N-dealkylation sites (N-methyl/N-ethyl adjacent to an activating group) is 1. The van der Waals surface area contributed by atoms with Gasteiger partial charge in [-0.1, -0.05) is 36.4 Å². The molecule has 1 aliphatic rings. The normalized spacial score (nSPS) is 12.4. The van der Waals surface area contributed by atoms with E-state index in [4.69, 9.17) is 16.3 Å². The molecule has 0 unspecified atom stereocenters. The quantitative estimate of drug-likeness (QED) is 0.140. The van der Waals surface area contributed by atoms with Gasteiger partial charge >= 0.3 is 5.97 Å². The first-order valence-corrected chi connectivity index (χ1v) is 15.1. The fourth-order valence-electron chi connectivity index (χ4n) is 5.08. The van der Waals surface area contributed by atoms with Gasteiger partial charge in [-0.05, 0) is 94.7 Å². The van der Waals surface area contributed by atoms with Crippen LogP contribution in [0.4, 0.5) is 11.4 Å². The molecule has 0 saturated carbocycles. The van der Waals surface area contributed by atoms with Gasteiger partial charge in [-0.15, -0.1) is 0 Å². The Balaban J connectivity index is 2.04. The summed E-state index contributed by atoms with van der Waals surface area (Å²) in [6.07, 6.45) is 8.56. The van der Waals surface area contributed by atoms with Crippen LogP contribution >= 0.6 is 11.6 Å². The fraction of sp³-hybridized carbons (Fsp3) is 0.371. The third kappa shape index (κ3) is 8.01. The number of allylic oxidation sites excluding steroid dienone is 5. The second-order valence-electron chi connectivity index (χ2n) is 9.97. The van der Waals surface area contributed by atoms with Crippen molar-refractivity contribution in [1.82, 2.24) is 0 Å². The summed E-state index contributed by atoms with van der Waals surface area (Å²) in [6.45, 7) is 21.6. The van der Waals surface area contributed by atoms with Crippen LogP contribution in [0, 0.1) is 0 Å². The smallest absolute Gasteiger partial charge is 0.333 e. The van der Waals surface area contributed by atoms with Crippen LogP contribution in [-0.4, -0.2) is 62.1 Å². The van der Waals surface area contributed by atoms with Crippen molar-refractivity contribution in [2.75, 3.05) is 55.7 Å². The summed E-state index contributed by atoms with van der Waals surface area (Å²) < 4.78 is 7.52. The van der Waals surface area contributed by atoms with E-state index >= 15 is 0 Å². The molecule has 0 radical (unpaired) electrons. The number of hydrogen-bond donors (Lipinski definition) is 0. The lowest BCUT2D eigenvalue weighted by Crippen LogP contribution is -2.25. The molecule has 41 heavy (non-hydrogen) atoms. The highest BCUT2D eigenvalue weighted by Crippen LogP contribution is 2.36. The van der Waals surface area contributed by atoms with Gasteiger partial charge in [-0.3, -0.25) is 0 Å². The fourth-order valence-corrected chi connectivity index (χ4v) is 5.35. The molecule has 2 aromatic rings. The lowest BCUT2D eigenvalue weighted by molar-refractivity contribution is -0.524. The number of esters is 1. The SMILES string of the molecule is C=C(C)C(=O)OCC[N+](CC)=C1C=CC(=C(c2ccc(N(CC)CC)cc2)c2ccc(N(CC)CC)cc2Cl)C=C1. The molecular formula is C35H45ClN3O2+. The van der Waals surface area contributed by atoms with E-state index in [1.807, 2.05) is 0 Å². The van der Waals surface area contributed by atoms with Crippen molar-refractivity contribution in [3.8, 4) is 0 Å². The molecule has 218 valence electrons. The summed E-state index contributed by atoms with van der Waals surface area (Å²) in [6, 6.07) is 15.2. The lowest BCUT2D eigenvalue weighted by atomic mass is 9.90. The molecule has 0 fully saturated rings. The van der Waals surface area contributed by atoms with Crippen molar-refractivity contribution in [1.29, 1.82) is 0 Å². The Kier molecular flexibility index (Phi) is 12.0. The first-order valence-electron chi connectivity index (χ1n) is 14.7. The zero-order valence-electron chi connectivity index (χ0n) is 25.5. The van der Waals surface area contributed by atoms with Gasteiger partial charge in [0, 0.05) is 60.8 Å². The molecule has 0 amide bonds. The maximum absolute atomic E-state index is 11.8. The van der Waals surface area contributed by atoms with Gasteiger partial charge in [0.15, 0.2) is 12.3 Å². The van der Waals surface area contributed by atoms with Crippen molar-refractivity contribution >= 4 is 40.2 Å². The van der Waals surface area contributed by atoms with E-state index in [1.165, 1.54) is 5.69 Å². The van der Waals surface area contributed by atoms with Gasteiger partial charge in [-0.25, -0.2) is 9.37 Å². The van der Waals surface area contributed by atoms with Crippen LogP contribution < -0.4 is 9.80 Å². The largest absolute Gasteiger partial charge is 0.456 e. The van der Waals surface area contributed by atoms with Gasteiger partial charge in [0.05, 0.1) is 5.02 Å². The van der Waals surface area contributed by atoms with E-state index in [2.05, 4.69) is 122 Å². The summed E-state index contributed by atoms with van der Waals surface area (Å²) in [7, 11) is 0. The molecule has 3 rings (SSSR count). The summed E-state index contributed by atoms with van der Waals surface area (Å²) in [4.78, 5) is 16.4. The molecule has 0 aromatic heterocycles. The van der Waals surface area contributed by atoms with E-state index in [1.54, 1.807) is 6.92 Å². The molecule has 2 aromatic carbocycles. The van der Waals surface area contributed by atoms with Crippen LogP contribution in [0.3, 0.4) is 0 Å². The molecule has 0 aliphatic heterocycles. The third-order valence-electron chi connectivity index (χ3n) is 7.48. The summed E-state index contributed by atoms with van der Waals surface area (Å²) in [5, 5.41) is 0.732. The average Bonchev–Trinajstić information content (AvgIpc) is 2.99. The van der Waals surface area contributed by atoms with Gasteiger partial charge in [0.1, 0.15) is 13.2 Å². The van der Waals surface area contributed by atoms with Crippen molar-refractivity contribution in [2.45, 2.75) is 41.5 Å². The average molecular weight is 575 g/mol. The van der Waals surface area contributed by atoms with E-state index < -0.39 is 0 Å². The predicted octanol–water partition coefficient (Wildman–Crippen LogP) is 7.55. The Hall–Kier alpha value is -3.57. The standard InChI is InChI=1S/C35H45ClN3O2/c1-8-37(9-2)29-17-13-27(14-18-29)34(32-22-21-31(25-33(32)36)38(10-3)11-4)28-15-19-30(20-16-28)39(12-5)23-24-41-35(40)26(6)7/h13-22,25H,6,8-12,23-24H2,1-5,7H3/q+1. The number of benzene rings is 2. The monoisotopic (exact) mass is 574 g/mol. The van der Waals surface area contributed by atoms with Gasteiger partial charge < -0.3 is 14.5 Å². The van der Waals surface area contributed by atoms with Gasteiger partial charge in [0.2, 0.25) is 0 Å². The number of rotatable bonds is 13. The molecule has 0 bridgehead atoms. The maximum Gasteiger partial charge on any atom is 0.333 e. The zero-order chi connectivity index (χ0) is 29.9. The number of nitrogens with zero attached hydrogens (tertiary/aromatic N) is 3. The highest BCUT2D eigenvalue weighted by molar-refractivity contribution is 6.33. The molecule has 1 aliphatic carbocycles. The second-order valence-corrected chi connectivity index (χ2v) is 10.4. The predicted molar refractivity (Wildman–Crippen MR) is 176 cm³/mol. The number of hydrogen-bond acceptors (Lipinski definition) is 4. The maximum atomic E-state index is 11.8. The van der Waals surface area contributed by atoms with E-state index in [0.29, 0.717) is 18.7 Å². The van der Waals surface area contributed by atoms with E-state index in [-0.39, 0.29) is 5.97 Å². The number of anilines is 2. The molecule has 0 N–H and O–H groups in total. The van der Waals surface area contributed by atoms with Crippen LogP contribution in [0.2, 0.25) is 5.02 Å². The van der Waals surface area contributed by atoms with Crippen molar-refractivity contribution in [3.05, 3.63) is 101 Å². The number of halogens is 1. The second kappa shape index (κ2) is 15.4. The topological polar surface area (TPSA) is 35.8 Å². The molecule has 5 nitrogen and oxygen atoms in total. The first-order chi connectivity index (χ1) is 19.8. The lowest BCUT2D eigenvalue weighted by Gasteiger charge is -2.23. The summed E-state index contributed by atoms with van der Waals surface area (Å²) >= 11 is 7.01. The summed E-state index contributed by atoms with van der Waals surface area (Å²) in [5.74, 6) is -0.355. The van der Waals surface area contributed by atoms with Gasteiger partial charge in [0.25, 0.3) is 0 Å². The van der Waals surface area contributed by atoms with Crippen LogP contribution in [0.25, 0.3) is 5.57 Å². The molecular weight excluding hydrogens is 530 g/mol. The minimum atomic E-state index is -0.355. The van der Waals surface area contributed by atoms with Crippen LogP contribution in [0.1, 0.15) is 52.7 Å². The molecule has 6 heteroatoms. The van der Waals surface area contributed by atoms with Crippen molar-refractivity contribution in [2.24, 2.45) is 0 Å². The van der Waals surface area contributed by atoms with Crippen molar-refractivity contribution in [3.63, 3.8) is 0 Å². The zero-order valence-corrected chi connectivity index (χ0v) is 26.3. The first kappa shape index (κ1) is 32.0. The summed E-state index contributed by atoms with van der Waals surface area (Å²) in [5.41, 5.74) is 8.12. The molecule has 0 spiro atoms. The number of carbonyl (C=O) groups is 1. The Morgan fingerprint density at radius 3 is 1.93 bits per heavy atom. The van der Waals surface area contributed by atoms with Crippen molar-refractivity contribution < 1.29 is 14.1 Å². The Morgan fingerprint density at radius 2 is 1.41 bits per heavy atom. The minimum absolute atomic E-state index is 0.312. The Bertz CT molecular complexity index is 1330. The molecule has 0 heterocycles. The molecule has 0 atom stereocenters. The highest BCUT2D eigenvalue weighted by Gasteiger charge is 2.18. The Morgan fingerprint density at radius 1 is 0.854 bits per heavy atom. The minimum Gasteiger partial charge on any atom is -0.456 e. The van der Waals surface area contributed by atoms with E-state index in [9.17, 15) is 4.79 Å². The Labute approximate surface area is 251 Å². The van der Waals surface area contributed by atoms with E-state index in [0.717, 1.165) is 71.4 Å². The van der Waals surface area contributed by atoms with Crippen LogP contribution in [0.15, 0.2) is 84.5 Å². The van der Waals surface area contributed by atoms with Gasteiger partial charge in [-0.2, -0.15) is 0 Å². The van der Waals surface area contributed by atoms with Crippen LogP contribution in [-0.2, 0) is 9.53 Å². The third-order valence-corrected chi connectivity index (χ3v) is 7.79. The number of ether oxygens (including phenoxy) is 1. The molecule has 0 saturated heterocycles. The number of carbonyl (C=O) groups excluding carboxylic acids is 1.